The predicted molar refractivity (Wildman–Crippen MR) is 103 cm³/mol. The highest BCUT2D eigenvalue weighted by Gasteiger charge is 2.14. The molecular formula is C17H15BrFN3OS2. The number of nitrogens with zero attached hydrogens (tertiary/aromatic N) is 3. The van der Waals surface area contributed by atoms with Crippen molar-refractivity contribution in [1.82, 2.24) is 14.8 Å². The molecule has 1 aromatic carbocycles. The van der Waals surface area contributed by atoms with Gasteiger partial charge in [0.1, 0.15) is 6.61 Å². The Hall–Kier alpha value is -1.64. The van der Waals surface area contributed by atoms with Crippen molar-refractivity contribution in [2.45, 2.75) is 24.1 Å². The van der Waals surface area contributed by atoms with E-state index in [0.29, 0.717) is 12.4 Å². The average molecular weight is 440 g/mol. The van der Waals surface area contributed by atoms with Gasteiger partial charge in [0, 0.05) is 17.2 Å². The molecule has 2 aromatic heterocycles. The van der Waals surface area contributed by atoms with E-state index in [2.05, 4.69) is 38.8 Å². The number of aromatic nitrogens is 3. The Kier molecular flexibility index (Phi) is 6.28. The minimum Gasteiger partial charge on any atom is -0.483 e. The van der Waals surface area contributed by atoms with Crippen LogP contribution in [0.15, 0.2) is 58.0 Å². The molecule has 0 spiro atoms. The van der Waals surface area contributed by atoms with E-state index < -0.39 is 5.82 Å². The highest BCUT2D eigenvalue weighted by molar-refractivity contribution is 9.11. The van der Waals surface area contributed by atoms with Gasteiger partial charge in [-0.2, -0.15) is 0 Å². The lowest BCUT2D eigenvalue weighted by Gasteiger charge is -2.09. The van der Waals surface area contributed by atoms with Crippen LogP contribution in [0.1, 0.15) is 10.7 Å². The molecule has 0 fully saturated rings. The molecule has 3 aromatic rings. The normalized spacial score (nSPS) is 10.8. The van der Waals surface area contributed by atoms with Gasteiger partial charge in [-0.15, -0.1) is 28.1 Å². The molecular weight excluding hydrogens is 425 g/mol. The number of para-hydroxylation sites is 1. The summed E-state index contributed by atoms with van der Waals surface area (Å²) in [6.07, 6.45) is 1.78. The Morgan fingerprint density at radius 2 is 2.12 bits per heavy atom. The van der Waals surface area contributed by atoms with Crippen LogP contribution in [0.3, 0.4) is 0 Å². The molecule has 0 saturated heterocycles. The molecule has 2 heterocycles. The first-order valence-corrected chi connectivity index (χ1v) is 10.0. The molecule has 0 radical (unpaired) electrons. The maximum Gasteiger partial charge on any atom is 0.191 e. The standard InChI is InChI=1S/C17H15BrFN3OS2/c1-2-9-22-16(10-23-14-6-4-3-5-13(14)19)20-21-17(22)24-11-12-7-8-15(18)25-12/h2-8H,1,9-11H2. The van der Waals surface area contributed by atoms with Gasteiger partial charge in [-0.05, 0) is 40.2 Å². The van der Waals surface area contributed by atoms with Crippen LogP contribution in [-0.4, -0.2) is 14.8 Å². The molecule has 0 bridgehead atoms. The van der Waals surface area contributed by atoms with E-state index in [-0.39, 0.29) is 12.4 Å². The lowest BCUT2D eigenvalue weighted by atomic mass is 10.3. The van der Waals surface area contributed by atoms with E-state index in [1.807, 2.05) is 10.6 Å². The summed E-state index contributed by atoms with van der Waals surface area (Å²) in [5.74, 6) is 1.25. The van der Waals surface area contributed by atoms with Gasteiger partial charge in [-0.1, -0.05) is 30.0 Å². The molecule has 0 aliphatic carbocycles. The Balaban J connectivity index is 1.70. The Morgan fingerprint density at radius 3 is 2.84 bits per heavy atom. The number of halogens is 2. The van der Waals surface area contributed by atoms with Crippen molar-refractivity contribution < 1.29 is 9.13 Å². The van der Waals surface area contributed by atoms with Gasteiger partial charge in [0.05, 0.1) is 3.79 Å². The third-order valence-electron chi connectivity index (χ3n) is 3.27. The number of rotatable bonds is 8. The van der Waals surface area contributed by atoms with Crippen molar-refractivity contribution in [3.8, 4) is 5.75 Å². The van der Waals surface area contributed by atoms with Gasteiger partial charge >= 0.3 is 0 Å². The Labute approximate surface area is 161 Å². The highest BCUT2D eigenvalue weighted by Crippen LogP contribution is 2.29. The van der Waals surface area contributed by atoms with E-state index in [4.69, 9.17) is 4.74 Å². The maximum absolute atomic E-state index is 13.7. The van der Waals surface area contributed by atoms with Crippen molar-refractivity contribution >= 4 is 39.0 Å². The molecule has 3 rings (SSSR count). The summed E-state index contributed by atoms with van der Waals surface area (Å²) in [4.78, 5) is 1.24. The zero-order valence-corrected chi connectivity index (χ0v) is 16.4. The van der Waals surface area contributed by atoms with Gasteiger partial charge in [0.25, 0.3) is 0 Å². The van der Waals surface area contributed by atoms with Gasteiger partial charge in [-0.3, -0.25) is 4.57 Å². The van der Waals surface area contributed by atoms with Gasteiger partial charge in [0.15, 0.2) is 22.5 Å². The maximum atomic E-state index is 13.7. The van der Waals surface area contributed by atoms with Crippen LogP contribution in [0.5, 0.6) is 5.75 Å². The first-order valence-electron chi connectivity index (χ1n) is 7.44. The van der Waals surface area contributed by atoms with Crippen LogP contribution >= 0.6 is 39.0 Å². The second kappa shape index (κ2) is 8.64. The second-order valence-electron chi connectivity index (χ2n) is 5.01. The summed E-state index contributed by atoms with van der Waals surface area (Å²) in [7, 11) is 0. The van der Waals surface area contributed by atoms with Crippen LogP contribution in [0.4, 0.5) is 4.39 Å². The first kappa shape index (κ1) is 18.2. The summed E-state index contributed by atoms with van der Waals surface area (Å²) in [6, 6.07) is 10.4. The lowest BCUT2D eigenvalue weighted by Crippen LogP contribution is -2.08. The molecule has 130 valence electrons. The average Bonchev–Trinajstić information content (AvgIpc) is 3.19. The van der Waals surface area contributed by atoms with Crippen LogP contribution in [-0.2, 0) is 18.9 Å². The van der Waals surface area contributed by atoms with Crippen LogP contribution in [0.25, 0.3) is 0 Å². The highest BCUT2D eigenvalue weighted by atomic mass is 79.9. The molecule has 0 unspecified atom stereocenters. The monoisotopic (exact) mass is 439 g/mol. The van der Waals surface area contributed by atoms with E-state index >= 15 is 0 Å². The molecule has 8 heteroatoms. The molecule has 0 atom stereocenters. The fourth-order valence-corrected chi connectivity index (χ4v) is 4.61. The van der Waals surface area contributed by atoms with Crippen molar-refractivity contribution in [3.05, 3.63) is 69.4 Å². The zero-order valence-electron chi connectivity index (χ0n) is 13.2. The summed E-state index contributed by atoms with van der Waals surface area (Å²) in [5, 5.41) is 9.22. The minimum atomic E-state index is -0.393. The summed E-state index contributed by atoms with van der Waals surface area (Å²) < 4.78 is 22.2. The zero-order chi connectivity index (χ0) is 17.6. The second-order valence-corrected chi connectivity index (χ2v) is 8.50. The van der Waals surface area contributed by atoms with Crippen molar-refractivity contribution in [3.63, 3.8) is 0 Å². The summed E-state index contributed by atoms with van der Waals surface area (Å²) >= 11 is 6.76. The van der Waals surface area contributed by atoms with Crippen molar-refractivity contribution in [2.75, 3.05) is 0 Å². The van der Waals surface area contributed by atoms with Crippen LogP contribution in [0.2, 0.25) is 0 Å². The van der Waals surface area contributed by atoms with E-state index in [0.717, 1.165) is 14.7 Å². The van der Waals surface area contributed by atoms with Crippen molar-refractivity contribution in [1.29, 1.82) is 0 Å². The Morgan fingerprint density at radius 1 is 1.28 bits per heavy atom. The van der Waals surface area contributed by atoms with Crippen LogP contribution in [0, 0.1) is 5.82 Å². The number of hydrogen-bond donors (Lipinski definition) is 0. The fraction of sp³-hybridized carbons (Fsp3) is 0.176. The van der Waals surface area contributed by atoms with Gasteiger partial charge < -0.3 is 4.74 Å². The predicted octanol–water partition coefficient (Wildman–Crippen LogP) is 5.30. The van der Waals surface area contributed by atoms with E-state index in [1.54, 1.807) is 47.4 Å². The Bertz CT molecular complexity index is 865. The van der Waals surface area contributed by atoms with Crippen LogP contribution < -0.4 is 4.74 Å². The number of thiophene rings is 1. The molecule has 25 heavy (non-hydrogen) atoms. The molecule has 0 aliphatic rings. The quantitative estimate of drug-likeness (QED) is 0.352. The first-order chi connectivity index (χ1) is 12.2. The molecule has 0 amide bonds. The number of allylic oxidation sites excluding steroid dienone is 1. The number of hydrogen-bond acceptors (Lipinski definition) is 5. The molecule has 4 nitrogen and oxygen atoms in total. The van der Waals surface area contributed by atoms with Crippen molar-refractivity contribution in [2.24, 2.45) is 0 Å². The SMILES string of the molecule is C=CCn1c(COc2ccccc2F)nnc1SCc1ccc(Br)s1. The molecule has 0 aliphatic heterocycles. The third-order valence-corrected chi connectivity index (χ3v) is 6.09. The number of thioether (sulfide) groups is 1. The third kappa shape index (κ3) is 4.71. The molecule has 0 saturated carbocycles. The minimum absolute atomic E-state index is 0.146. The largest absolute Gasteiger partial charge is 0.483 e. The lowest BCUT2D eigenvalue weighted by molar-refractivity contribution is 0.275. The summed E-state index contributed by atoms with van der Waals surface area (Å²) in [5.41, 5.74) is 0. The smallest absolute Gasteiger partial charge is 0.191 e. The van der Waals surface area contributed by atoms with Gasteiger partial charge in [-0.25, -0.2) is 4.39 Å². The topological polar surface area (TPSA) is 39.9 Å². The molecule has 0 N–H and O–H groups in total. The van der Waals surface area contributed by atoms with E-state index in [9.17, 15) is 4.39 Å². The summed E-state index contributed by atoms with van der Waals surface area (Å²) in [6.45, 7) is 4.50. The number of benzene rings is 1. The van der Waals surface area contributed by atoms with E-state index in [1.165, 1.54) is 10.9 Å². The fourth-order valence-electron chi connectivity index (χ4n) is 2.11. The van der Waals surface area contributed by atoms with Gasteiger partial charge in [0.2, 0.25) is 0 Å². The number of ether oxygens (including phenoxy) is 1.